The van der Waals surface area contributed by atoms with Crippen LogP contribution in [0.5, 0.6) is 5.75 Å². The summed E-state index contributed by atoms with van der Waals surface area (Å²) in [7, 11) is 3.10. The van der Waals surface area contributed by atoms with Crippen molar-refractivity contribution in [3.63, 3.8) is 0 Å². The van der Waals surface area contributed by atoms with Gasteiger partial charge in [0.25, 0.3) is 0 Å². The van der Waals surface area contributed by atoms with E-state index in [1.54, 1.807) is 21.0 Å². The van der Waals surface area contributed by atoms with Crippen molar-refractivity contribution >= 4 is 5.97 Å². The number of benzene rings is 1. The summed E-state index contributed by atoms with van der Waals surface area (Å²) in [6.07, 6.45) is -0.537. The average molecular weight is 380 g/mol. The molecule has 2 fully saturated rings. The Morgan fingerprint density at radius 3 is 2.59 bits per heavy atom. The summed E-state index contributed by atoms with van der Waals surface area (Å²) in [5.41, 5.74) is -0.0946. The molecule has 1 saturated heterocycles. The average Bonchev–Trinajstić information content (AvgIpc) is 3.17. The third-order valence-corrected chi connectivity index (χ3v) is 5.40. The van der Waals surface area contributed by atoms with Crippen LogP contribution in [-0.2, 0) is 30.3 Å². The van der Waals surface area contributed by atoms with Crippen LogP contribution in [0.15, 0.2) is 24.3 Å². The maximum Gasteiger partial charge on any atom is 0.339 e. The summed E-state index contributed by atoms with van der Waals surface area (Å²) >= 11 is 0. The highest BCUT2D eigenvalue weighted by Crippen LogP contribution is 2.45. The minimum Gasteiger partial charge on any atom is -0.497 e. The smallest absolute Gasteiger partial charge is 0.339 e. The van der Waals surface area contributed by atoms with E-state index in [1.165, 1.54) is 7.11 Å². The van der Waals surface area contributed by atoms with Gasteiger partial charge in [-0.15, -0.1) is 0 Å². The fourth-order valence-corrected chi connectivity index (χ4v) is 3.72. The van der Waals surface area contributed by atoms with Gasteiger partial charge in [-0.25, -0.2) is 4.79 Å². The fourth-order valence-electron chi connectivity index (χ4n) is 3.72. The Kier molecular flexibility index (Phi) is 5.76. The largest absolute Gasteiger partial charge is 0.497 e. The maximum absolute atomic E-state index is 12.4. The molecule has 1 spiro atoms. The normalized spacial score (nSPS) is 30.7. The molecule has 1 aromatic carbocycles. The van der Waals surface area contributed by atoms with Crippen LogP contribution in [0.4, 0.5) is 0 Å². The molecule has 7 heteroatoms. The third-order valence-electron chi connectivity index (χ3n) is 5.40. The molecule has 3 rings (SSSR count). The number of methoxy groups -OCH3 is 2. The van der Waals surface area contributed by atoms with Gasteiger partial charge in [-0.2, -0.15) is 0 Å². The number of esters is 1. The predicted molar refractivity (Wildman–Crippen MR) is 96.2 cm³/mol. The van der Waals surface area contributed by atoms with Crippen LogP contribution in [0.2, 0.25) is 0 Å². The highest BCUT2D eigenvalue weighted by Gasteiger charge is 2.63. The molecule has 0 aromatic heterocycles. The fraction of sp³-hybridized carbons (Fsp3) is 0.650. The van der Waals surface area contributed by atoms with Gasteiger partial charge >= 0.3 is 5.97 Å². The van der Waals surface area contributed by atoms with Gasteiger partial charge in [0.1, 0.15) is 18.0 Å². The van der Waals surface area contributed by atoms with E-state index >= 15 is 0 Å². The number of ether oxygens (including phenoxy) is 5. The van der Waals surface area contributed by atoms with Crippen molar-refractivity contribution in [2.24, 2.45) is 0 Å². The Balaban J connectivity index is 1.69. The molecule has 2 aliphatic rings. The molecule has 1 saturated carbocycles. The molecule has 7 nitrogen and oxygen atoms in total. The molecule has 150 valence electrons. The first kappa shape index (κ1) is 20.1. The molecule has 1 aliphatic carbocycles. The van der Waals surface area contributed by atoms with Gasteiger partial charge in [-0.05, 0) is 50.8 Å². The summed E-state index contributed by atoms with van der Waals surface area (Å²) in [5, 5.41) is 10.9. The molecule has 1 aromatic rings. The van der Waals surface area contributed by atoms with E-state index in [4.69, 9.17) is 23.7 Å². The van der Waals surface area contributed by atoms with Crippen LogP contribution in [-0.4, -0.2) is 55.0 Å². The van der Waals surface area contributed by atoms with Crippen molar-refractivity contribution in [1.29, 1.82) is 0 Å². The lowest BCUT2D eigenvalue weighted by Crippen LogP contribution is -2.51. The Labute approximate surface area is 159 Å². The van der Waals surface area contributed by atoms with Crippen LogP contribution in [0, 0.1) is 0 Å². The zero-order chi connectivity index (χ0) is 19.7. The van der Waals surface area contributed by atoms with Gasteiger partial charge in [-0.1, -0.05) is 12.1 Å². The third kappa shape index (κ3) is 3.96. The number of carbonyl (C=O) groups is 1. The van der Waals surface area contributed by atoms with E-state index in [2.05, 4.69) is 0 Å². The van der Waals surface area contributed by atoms with Crippen LogP contribution < -0.4 is 4.74 Å². The Morgan fingerprint density at radius 2 is 1.96 bits per heavy atom. The van der Waals surface area contributed by atoms with Gasteiger partial charge in [0.2, 0.25) is 0 Å². The maximum atomic E-state index is 12.4. The van der Waals surface area contributed by atoms with Crippen molar-refractivity contribution in [2.75, 3.05) is 14.2 Å². The van der Waals surface area contributed by atoms with Crippen molar-refractivity contribution in [3.8, 4) is 5.75 Å². The SMILES string of the molecule is COc1ccc(CO[C@@H]2CCC[C@@]23OC(=O)[C@H](OC(C)(C)OC)[C@@H]3O)cc1. The van der Waals surface area contributed by atoms with E-state index < -0.39 is 35.7 Å². The predicted octanol–water partition coefficient (Wildman–Crippen LogP) is 2.19. The van der Waals surface area contributed by atoms with E-state index in [9.17, 15) is 9.90 Å². The first-order valence-corrected chi connectivity index (χ1v) is 9.20. The lowest BCUT2D eigenvalue weighted by Gasteiger charge is -2.34. The molecule has 27 heavy (non-hydrogen) atoms. The van der Waals surface area contributed by atoms with E-state index in [0.717, 1.165) is 17.7 Å². The molecular formula is C20H28O7. The first-order chi connectivity index (χ1) is 12.8. The molecule has 0 radical (unpaired) electrons. The van der Waals surface area contributed by atoms with Crippen LogP contribution in [0.3, 0.4) is 0 Å². The first-order valence-electron chi connectivity index (χ1n) is 9.20. The molecule has 0 amide bonds. The molecule has 4 atom stereocenters. The summed E-state index contributed by atoms with van der Waals surface area (Å²) in [5.74, 6) is -0.807. The topological polar surface area (TPSA) is 83.5 Å². The monoisotopic (exact) mass is 380 g/mol. The lowest BCUT2D eigenvalue weighted by atomic mass is 9.91. The standard InChI is InChI=1S/C20H28O7/c1-19(2,24-4)26-16-17(21)20(27-18(16)22)11-5-6-15(20)25-12-13-7-9-14(23-3)10-8-13/h7-10,15-17,21H,5-6,11-12H2,1-4H3/t15-,16-,17+,20-/m1/s1. The van der Waals surface area contributed by atoms with Gasteiger partial charge in [0.15, 0.2) is 17.5 Å². The highest BCUT2D eigenvalue weighted by atomic mass is 16.7. The number of aliphatic hydroxyl groups is 1. The van der Waals surface area contributed by atoms with Crippen molar-refractivity contribution in [3.05, 3.63) is 29.8 Å². The van der Waals surface area contributed by atoms with Crippen LogP contribution in [0.1, 0.15) is 38.7 Å². The minimum atomic E-state index is -1.11. The Bertz CT molecular complexity index is 657. The molecule has 1 N–H and O–H groups in total. The van der Waals surface area contributed by atoms with Gasteiger partial charge in [0, 0.05) is 7.11 Å². The zero-order valence-electron chi connectivity index (χ0n) is 16.3. The van der Waals surface area contributed by atoms with E-state index in [0.29, 0.717) is 19.4 Å². The van der Waals surface area contributed by atoms with Crippen LogP contribution >= 0.6 is 0 Å². The molecular weight excluding hydrogens is 352 g/mol. The minimum absolute atomic E-state index is 0.357. The quantitative estimate of drug-likeness (QED) is 0.573. The second kappa shape index (κ2) is 7.75. The van der Waals surface area contributed by atoms with Gasteiger partial charge in [-0.3, -0.25) is 0 Å². The van der Waals surface area contributed by atoms with E-state index in [1.807, 2.05) is 24.3 Å². The molecule has 1 aliphatic heterocycles. The molecule has 0 bridgehead atoms. The second-order valence-electron chi connectivity index (χ2n) is 7.50. The van der Waals surface area contributed by atoms with Gasteiger partial charge < -0.3 is 28.8 Å². The van der Waals surface area contributed by atoms with Crippen molar-refractivity contribution in [2.45, 2.75) is 69.4 Å². The molecule has 0 unspecified atom stereocenters. The summed E-state index contributed by atoms with van der Waals surface area (Å²) < 4.78 is 27.8. The number of hydrogen-bond acceptors (Lipinski definition) is 7. The van der Waals surface area contributed by atoms with E-state index in [-0.39, 0.29) is 0 Å². The Morgan fingerprint density at radius 1 is 1.26 bits per heavy atom. The summed E-state index contributed by atoms with van der Waals surface area (Å²) in [6, 6.07) is 7.57. The molecule has 1 heterocycles. The number of aliphatic hydroxyl groups excluding tert-OH is 1. The summed E-state index contributed by atoms with van der Waals surface area (Å²) in [4.78, 5) is 12.4. The lowest BCUT2D eigenvalue weighted by molar-refractivity contribution is -0.235. The summed E-state index contributed by atoms with van der Waals surface area (Å²) in [6.45, 7) is 3.73. The Hall–Kier alpha value is -1.67. The van der Waals surface area contributed by atoms with Gasteiger partial charge in [0.05, 0.1) is 13.7 Å². The van der Waals surface area contributed by atoms with Crippen molar-refractivity contribution in [1.82, 2.24) is 0 Å². The zero-order valence-corrected chi connectivity index (χ0v) is 16.3. The van der Waals surface area contributed by atoms with Crippen molar-refractivity contribution < 1.29 is 33.6 Å². The highest BCUT2D eigenvalue weighted by molar-refractivity contribution is 5.79. The number of rotatable bonds is 7. The van der Waals surface area contributed by atoms with Crippen LogP contribution in [0.25, 0.3) is 0 Å². The second-order valence-corrected chi connectivity index (χ2v) is 7.50. The number of hydrogen-bond donors (Lipinski definition) is 1. The number of carbonyl (C=O) groups excluding carboxylic acids is 1.